The summed E-state index contributed by atoms with van der Waals surface area (Å²) in [5.41, 5.74) is -0.972. The highest BCUT2D eigenvalue weighted by molar-refractivity contribution is 5.98. The van der Waals surface area contributed by atoms with Crippen LogP contribution in [0.15, 0.2) is 42.5 Å². The van der Waals surface area contributed by atoms with Crippen molar-refractivity contribution in [2.75, 3.05) is 0 Å². The topological polar surface area (TPSA) is 127 Å². The first-order chi connectivity index (χ1) is 18.8. The standard InChI is InChI=1S/C16H24O4.C15H20O4/c17-15(19-13-7-3-1-4-8-13)11-12-16(18)20-14-9-5-2-6-10-14;1-2-3-7-10-15(13(16)17,14(18)19)11-12-8-5-4-6-9-12/h11-14H,1-10H2;4-6,8-9H,2-3,7,10-11H2,1H3,(H,16,17)(H,18,19)/b12-11-;. The summed E-state index contributed by atoms with van der Waals surface area (Å²) in [6.07, 6.45) is 15.7. The Hall–Kier alpha value is -3.16. The van der Waals surface area contributed by atoms with Crippen LogP contribution < -0.4 is 0 Å². The van der Waals surface area contributed by atoms with Crippen molar-refractivity contribution in [2.24, 2.45) is 5.41 Å². The summed E-state index contributed by atoms with van der Waals surface area (Å²) in [6, 6.07) is 8.93. The van der Waals surface area contributed by atoms with Crippen molar-refractivity contribution in [1.29, 1.82) is 0 Å². The predicted molar refractivity (Wildman–Crippen MR) is 147 cm³/mol. The average molecular weight is 545 g/mol. The van der Waals surface area contributed by atoms with E-state index >= 15 is 0 Å². The number of hydrogen-bond acceptors (Lipinski definition) is 6. The van der Waals surface area contributed by atoms with Gasteiger partial charge in [0.05, 0.1) is 0 Å². The Kier molecular flexibility index (Phi) is 14.3. The Balaban J connectivity index is 0.000000274. The maximum atomic E-state index is 11.6. The van der Waals surface area contributed by atoms with Gasteiger partial charge in [-0.05, 0) is 69.8 Å². The zero-order chi connectivity index (χ0) is 28.5. The maximum Gasteiger partial charge on any atom is 0.331 e. The van der Waals surface area contributed by atoms with Gasteiger partial charge in [0.2, 0.25) is 0 Å². The van der Waals surface area contributed by atoms with Crippen LogP contribution in [0.3, 0.4) is 0 Å². The maximum absolute atomic E-state index is 11.6. The smallest absolute Gasteiger partial charge is 0.331 e. The van der Waals surface area contributed by atoms with E-state index < -0.39 is 29.3 Å². The third kappa shape index (κ3) is 11.6. The quantitative estimate of drug-likeness (QED) is 0.137. The minimum absolute atomic E-state index is 0.0234. The number of benzene rings is 1. The molecule has 8 nitrogen and oxygen atoms in total. The summed E-state index contributed by atoms with van der Waals surface area (Å²) in [5, 5.41) is 18.7. The highest BCUT2D eigenvalue weighted by Gasteiger charge is 2.45. The summed E-state index contributed by atoms with van der Waals surface area (Å²) in [6.45, 7) is 2.00. The van der Waals surface area contributed by atoms with Crippen LogP contribution in [0.5, 0.6) is 0 Å². The number of rotatable bonds is 12. The van der Waals surface area contributed by atoms with Crippen molar-refractivity contribution in [3.63, 3.8) is 0 Å². The van der Waals surface area contributed by atoms with Gasteiger partial charge in [0.1, 0.15) is 12.2 Å². The Morgan fingerprint density at radius 3 is 1.64 bits per heavy atom. The van der Waals surface area contributed by atoms with E-state index in [1.54, 1.807) is 24.3 Å². The lowest BCUT2D eigenvalue weighted by Crippen LogP contribution is -2.41. The van der Waals surface area contributed by atoms with Gasteiger partial charge < -0.3 is 19.7 Å². The van der Waals surface area contributed by atoms with Gasteiger partial charge in [0.15, 0.2) is 5.41 Å². The van der Waals surface area contributed by atoms with Gasteiger partial charge in [0, 0.05) is 12.2 Å². The number of carbonyl (C=O) groups is 4. The van der Waals surface area contributed by atoms with Gasteiger partial charge in [-0.15, -0.1) is 0 Å². The minimum atomic E-state index is -1.71. The van der Waals surface area contributed by atoms with Crippen LogP contribution in [0.2, 0.25) is 0 Å². The molecule has 1 aromatic rings. The molecule has 0 aliphatic heterocycles. The predicted octanol–water partition coefficient (Wildman–Crippen LogP) is 6.26. The summed E-state index contributed by atoms with van der Waals surface area (Å²) < 4.78 is 10.6. The van der Waals surface area contributed by atoms with Crippen molar-refractivity contribution in [2.45, 2.75) is 115 Å². The van der Waals surface area contributed by atoms with Crippen LogP contribution in [0, 0.1) is 5.41 Å². The normalized spacial score (nSPS) is 16.6. The van der Waals surface area contributed by atoms with Crippen LogP contribution in [0.4, 0.5) is 0 Å². The fourth-order valence-electron chi connectivity index (χ4n) is 5.08. The molecule has 0 aromatic heterocycles. The van der Waals surface area contributed by atoms with E-state index in [1.165, 1.54) is 25.0 Å². The van der Waals surface area contributed by atoms with Gasteiger partial charge in [-0.1, -0.05) is 69.4 Å². The number of aliphatic carboxylic acids is 2. The zero-order valence-electron chi connectivity index (χ0n) is 23.1. The van der Waals surface area contributed by atoms with Gasteiger partial charge >= 0.3 is 23.9 Å². The van der Waals surface area contributed by atoms with E-state index in [9.17, 15) is 29.4 Å². The molecule has 0 saturated heterocycles. The number of esters is 2. The van der Waals surface area contributed by atoms with Crippen LogP contribution in [-0.2, 0) is 35.1 Å². The number of carboxylic acid groups (broad SMARTS) is 2. The van der Waals surface area contributed by atoms with Crippen LogP contribution >= 0.6 is 0 Å². The zero-order valence-corrected chi connectivity index (χ0v) is 23.1. The molecule has 39 heavy (non-hydrogen) atoms. The van der Waals surface area contributed by atoms with E-state index in [4.69, 9.17) is 9.47 Å². The lowest BCUT2D eigenvalue weighted by molar-refractivity contribution is -0.165. The Morgan fingerprint density at radius 2 is 1.23 bits per heavy atom. The van der Waals surface area contributed by atoms with E-state index in [1.807, 2.05) is 13.0 Å². The first-order valence-corrected chi connectivity index (χ1v) is 14.4. The molecule has 8 heteroatoms. The molecule has 3 rings (SSSR count). The molecule has 0 amide bonds. The number of hydrogen-bond donors (Lipinski definition) is 2. The Morgan fingerprint density at radius 1 is 0.769 bits per heavy atom. The molecule has 2 aliphatic carbocycles. The summed E-state index contributed by atoms with van der Waals surface area (Å²) in [7, 11) is 0. The first kappa shape index (κ1) is 32.1. The molecular formula is C31H44O8. The van der Waals surface area contributed by atoms with Gasteiger partial charge in [-0.2, -0.15) is 0 Å². The molecular weight excluding hydrogens is 500 g/mol. The van der Waals surface area contributed by atoms with Crippen molar-refractivity contribution in [3.8, 4) is 0 Å². The van der Waals surface area contributed by atoms with Gasteiger partial charge in [-0.25, -0.2) is 9.59 Å². The largest absolute Gasteiger partial charge is 0.480 e. The molecule has 2 saturated carbocycles. The second-order valence-electron chi connectivity index (χ2n) is 10.5. The first-order valence-electron chi connectivity index (χ1n) is 14.4. The molecule has 0 atom stereocenters. The third-order valence-electron chi connectivity index (χ3n) is 7.40. The molecule has 0 bridgehead atoms. The summed E-state index contributed by atoms with van der Waals surface area (Å²) in [4.78, 5) is 46.1. The number of carbonyl (C=O) groups excluding carboxylic acids is 2. The number of carboxylic acids is 2. The summed E-state index contributed by atoms with van der Waals surface area (Å²) in [5.74, 6) is -3.37. The fourth-order valence-corrected chi connectivity index (χ4v) is 5.08. The fraction of sp³-hybridized carbons (Fsp3) is 0.613. The SMILES string of the molecule is CCCCCC(Cc1ccccc1)(C(=O)O)C(=O)O.O=C(/C=C\C(=O)OC1CCCCC1)OC1CCCCC1. The van der Waals surface area contributed by atoms with Gasteiger partial charge in [-0.3, -0.25) is 9.59 Å². The van der Waals surface area contributed by atoms with E-state index in [0.29, 0.717) is 6.42 Å². The highest BCUT2D eigenvalue weighted by Crippen LogP contribution is 2.31. The Bertz CT molecular complexity index is 879. The monoisotopic (exact) mass is 544 g/mol. The van der Waals surface area contributed by atoms with Crippen LogP contribution in [0.1, 0.15) is 102 Å². The van der Waals surface area contributed by atoms with Crippen molar-refractivity contribution >= 4 is 23.9 Å². The van der Waals surface area contributed by atoms with E-state index in [-0.39, 0.29) is 25.0 Å². The molecule has 0 spiro atoms. The molecule has 2 N–H and O–H groups in total. The second-order valence-corrected chi connectivity index (χ2v) is 10.5. The van der Waals surface area contributed by atoms with Crippen LogP contribution in [0.25, 0.3) is 0 Å². The van der Waals surface area contributed by atoms with Gasteiger partial charge in [0.25, 0.3) is 0 Å². The molecule has 0 heterocycles. The molecule has 0 radical (unpaired) electrons. The number of ether oxygens (including phenoxy) is 2. The van der Waals surface area contributed by atoms with Crippen molar-refractivity contribution < 1.29 is 38.9 Å². The van der Waals surface area contributed by atoms with Crippen molar-refractivity contribution in [3.05, 3.63) is 48.0 Å². The average Bonchev–Trinajstić information content (AvgIpc) is 2.93. The molecule has 216 valence electrons. The van der Waals surface area contributed by atoms with E-state index in [2.05, 4.69) is 0 Å². The molecule has 2 aliphatic rings. The lowest BCUT2D eigenvalue weighted by atomic mass is 9.77. The third-order valence-corrected chi connectivity index (χ3v) is 7.40. The molecule has 1 aromatic carbocycles. The number of unbranched alkanes of at least 4 members (excludes halogenated alkanes) is 2. The molecule has 2 fully saturated rings. The van der Waals surface area contributed by atoms with Crippen molar-refractivity contribution in [1.82, 2.24) is 0 Å². The molecule has 0 unspecified atom stereocenters. The lowest BCUT2D eigenvalue weighted by Gasteiger charge is -2.25. The Labute approximate surface area is 231 Å². The van der Waals surface area contributed by atoms with E-state index in [0.717, 1.165) is 69.8 Å². The van der Waals surface area contributed by atoms with Crippen LogP contribution in [-0.4, -0.2) is 46.3 Å². The minimum Gasteiger partial charge on any atom is -0.480 e. The highest BCUT2D eigenvalue weighted by atomic mass is 16.5. The second kappa shape index (κ2) is 17.4. The summed E-state index contributed by atoms with van der Waals surface area (Å²) >= 11 is 0.